The number of benzene rings is 2. The standard InChI is InChI=1S/C15H10BrN3/c16-14-3-1-2-11(6-14)10-19-15-5-4-12(8-17)13(7-15)9-18/h1-7,19H,10H2. The predicted molar refractivity (Wildman–Crippen MR) is 77.3 cm³/mol. The summed E-state index contributed by atoms with van der Waals surface area (Å²) >= 11 is 3.42. The van der Waals surface area contributed by atoms with Crippen LogP contribution >= 0.6 is 15.9 Å². The Labute approximate surface area is 120 Å². The van der Waals surface area contributed by atoms with Gasteiger partial charge in [0.25, 0.3) is 0 Å². The molecule has 19 heavy (non-hydrogen) atoms. The molecule has 0 amide bonds. The van der Waals surface area contributed by atoms with E-state index in [1.165, 1.54) is 0 Å². The van der Waals surface area contributed by atoms with Crippen molar-refractivity contribution in [3.8, 4) is 12.1 Å². The number of halogens is 1. The van der Waals surface area contributed by atoms with E-state index in [9.17, 15) is 0 Å². The molecule has 2 aromatic carbocycles. The number of nitrogens with zero attached hydrogens (tertiary/aromatic N) is 2. The van der Waals surface area contributed by atoms with Gasteiger partial charge in [0.1, 0.15) is 12.1 Å². The van der Waals surface area contributed by atoms with Gasteiger partial charge in [0, 0.05) is 16.7 Å². The number of nitrogens with one attached hydrogen (secondary N) is 1. The lowest BCUT2D eigenvalue weighted by molar-refractivity contribution is 1.14. The van der Waals surface area contributed by atoms with E-state index in [-0.39, 0.29) is 0 Å². The predicted octanol–water partition coefficient (Wildman–Crippen LogP) is 3.80. The summed E-state index contributed by atoms with van der Waals surface area (Å²) in [5, 5.41) is 21.0. The molecule has 0 aliphatic heterocycles. The third-order valence-corrected chi connectivity index (χ3v) is 3.14. The Bertz CT molecular complexity index is 681. The van der Waals surface area contributed by atoms with Crippen LogP contribution in [0.4, 0.5) is 5.69 Å². The van der Waals surface area contributed by atoms with Crippen LogP contribution in [0.5, 0.6) is 0 Å². The van der Waals surface area contributed by atoms with Crippen molar-refractivity contribution < 1.29 is 0 Å². The SMILES string of the molecule is N#Cc1ccc(NCc2cccc(Br)c2)cc1C#N. The summed E-state index contributed by atoms with van der Waals surface area (Å²) in [6.07, 6.45) is 0. The Balaban J connectivity index is 2.13. The first-order valence-corrected chi connectivity index (χ1v) is 6.45. The molecule has 0 atom stereocenters. The molecule has 0 radical (unpaired) electrons. The van der Waals surface area contributed by atoms with Crippen LogP contribution < -0.4 is 5.32 Å². The highest BCUT2D eigenvalue weighted by molar-refractivity contribution is 9.10. The minimum Gasteiger partial charge on any atom is -0.381 e. The van der Waals surface area contributed by atoms with Gasteiger partial charge in [-0.3, -0.25) is 0 Å². The van der Waals surface area contributed by atoms with E-state index in [2.05, 4.69) is 21.2 Å². The average molecular weight is 312 g/mol. The molecule has 2 aromatic rings. The molecule has 0 spiro atoms. The zero-order chi connectivity index (χ0) is 13.7. The summed E-state index contributed by atoms with van der Waals surface area (Å²) in [5.74, 6) is 0. The van der Waals surface area contributed by atoms with Crippen molar-refractivity contribution >= 4 is 21.6 Å². The van der Waals surface area contributed by atoms with E-state index in [0.29, 0.717) is 17.7 Å². The van der Waals surface area contributed by atoms with Crippen LogP contribution in [0.2, 0.25) is 0 Å². The quantitative estimate of drug-likeness (QED) is 0.937. The van der Waals surface area contributed by atoms with Gasteiger partial charge in [-0.05, 0) is 35.9 Å². The van der Waals surface area contributed by atoms with Gasteiger partial charge in [0.2, 0.25) is 0 Å². The van der Waals surface area contributed by atoms with Gasteiger partial charge in [0.05, 0.1) is 11.1 Å². The smallest absolute Gasteiger partial charge is 0.101 e. The van der Waals surface area contributed by atoms with Crippen molar-refractivity contribution in [3.63, 3.8) is 0 Å². The molecule has 2 rings (SSSR count). The third-order valence-electron chi connectivity index (χ3n) is 2.65. The third kappa shape index (κ3) is 3.34. The van der Waals surface area contributed by atoms with E-state index in [4.69, 9.17) is 10.5 Å². The van der Waals surface area contributed by atoms with Gasteiger partial charge >= 0.3 is 0 Å². The van der Waals surface area contributed by atoms with Gasteiger partial charge in [-0.15, -0.1) is 0 Å². The first-order valence-electron chi connectivity index (χ1n) is 5.65. The second-order valence-corrected chi connectivity index (χ2v) is 4.88. The molecular formula is C15H10BrN3. The highest BCUT2D eigenvalue weighted by Gasteiger charge is 2.02. The number of rotatable bonds is 3. The molecule has 0 unspecified atom stereocenters. The van der Waals surface area contributed by atoms with Crippen LogP contribution in [0.3, 0.4) is 0 Å². The van der Waals surface area contributed by atoms with Crippen molar-refractivity contribution in [2.75, 3.05) is 5.32 Å². The van der Waals surface area contributed by atoms with Crippen molar-refractivity contribution in [1.82, 2.24) is 0 Å². The van der Waals surface area contributed by atoms with Gasteiger partial charge in [-0.25, -0.2) is 0 Å². The number of hydrogen-bond acceptors (Lipinski definition) is 3. The van der Waals surface area contributed by atoms with Gasteiger partial charge in [-0.2, -0.15) is 10.5 Å². The Morgan fingerprint density at radius 1 is 1.00 bits per heavy atom. The summed E-state index contributed by atoms with van der Waals surface area (Å²) < 4.78 is 1.03. The first-order chi connectivity index (χ1) is 9.22. The highest BCUT2D eigenvalue weighted by Crippen LogP contribution is 2.17. The van der Waals surface area contributed by atoms with Crippen LogP contribution in [0, 0.1) is 22.7 Å². The largest absolute Gasteiger partial charge is 0.381 e. The molecule has 0 aliphatic carbocycles. The fraction of sp³-hybridized carbons (Fsp3) is 0.0667. The van der Waals surface area contributed by atoms with E-state index in [1.54, 1.807) is 18.2 Å². The molecule has 92 valence electrons. The molecule has 1 N–H and O–H groups in total. The minimum atomic E-state index is 0.391. The molecule has 0 fully saturated rings. The zero-order valence-electron chi connectivity index (χ0n) is 10.0. The normalized spacial score (nSPS) is 9.42. The molecule has 0 saturated heterocycles. The summed E-state index contributed by atoms with van der Waals surface area (Å²) in [7, 11) is 0. The van der Waals surface area contributed by atoms with E-state index in [1.807, 2.05) is 36.4 Å². The van der Waals surface area contributed by atoms with Crippen LogP contribution in [0.15, 0.2) is 46.9 Å². The number of hydrogen-bond donors (Lipinski definition) is 1. The van der Waals surface area contributed by atoms with Gasteiger partial charge in [0.15, 0.2) is 0 Å². The molecule has 0 bridgehead atoms. The van der Waals surface area contributed by atoms with Crippen molar-refractivity contribution in [2.24, 2.45) is 0 Å². The molecule has 3 nitrogen and oxygen atoms in total. The summed E-state index contributed by atoms with van der Waals surface area (Å²) in [6.45, 7) is 0.663. The second kappa shape index (κ2) is 6.04. The van der Waals surface area contributed by atoms with Crippen LogP contribution in [0.1, 0.15) is 16.7 Å². The first kappa shape index (κ1) is 13.1. The van der Waals surface area contributed by atoms with Crippen molar-refractivity contribution in [1.29, 1.82) is 10.5 Å². The van der Waals surface area contributed by atoms with E-state index < -0.39 is 0 Å². The summed E-state index contributed by atoms with van der Waals surface area (Å²) in [4.78, 5) is 0. The fourth-order valence-electron chi connectivity index (χ4n) is 1.70. The van der Waals surface area contributed by atoms with Gasteiger partial charge < -0.3 is 5.32 Å². The van der Waals surface area contributed by atoms with Crippen LogP contribution in [-0.4, -0.2) is 0 Å². The molecule has 0 heterocycles. The highest BCUT2D eigenvalue weighted by atomic mass is 79.9. The van der Waals surface area contributed by atoms with Gasteiger partial charge in [-0.1, -0.05) is 28.1 Å². The van der Waals surface area contributed by atoms with Crippen LogP contribution in [0.25, 0.3) is 0 Å². The Kier molecular flexibility index (Phi) is 4.18. The molecule has 0 aromatic heterocycles. The molecule has 0 saturated carbocycles. The van der Waals surface area contributed by atoms with E-state index in [0.717, 1.165) is 15.7 Å². The van der Waals surface area contributed by atoms with E-state index >= 15 is 0 Å². The Morgan fingerprint density at radius 3 is 2.47 bits per heavy atom. The lowest BCUT2D eigenvalue weighted by Gasteiger charge is -2.07. The molecule has 0 aliphatic rings. The minimum absolute atomic E-state index is 0.391. The lowest BCUT2D eigenvalue weighted by Crippen LogP contribution is -2.00. The zero-order valence-corrected chi connectivity index (χ0v) is 11.6. The molecule has 4 heteroatoms. The molecular weight excluding hydrogens is 302 g/mol. The number of nitriles is 2. The summed E-state index contributed by atoms with van der Waals surface area (Å²) in [5.41, 5.74) is 2.75. The topological polar surface area (TPSA) is 59.6 Å². The Morgan fingerprint density at radius 2 is 1.79 bits per heavy atom. The fourth-order valence-corrected chi connectivity index (χ4v) is 2.14. The van der Waals surface area contributed by atoms with Crippen LogP contribution in [-0.2, 0) is 6.54 Å². The lowest BCUT2D eigenvalue weighted by atomic mass is 10.1. The number of anilines is 1. The second-order valence-electron chi connectivity index (χ2n) is 3.97. The maximum atomic E-state index is 8.96. The van der Waals surface area contributed by atoms with Crippen molar-refractivity contribution in [3.05, 3.63) is 63.6 Å². The van der Waals surface area contributed by atoms with Crippen molar-refractivity contribution in [2.45, 2.75) is 6.54 Å². The average Bonchev–Trinajstić information content (AvgIpc) is 2.45. The maximum Gasteiger partial charge on any atom is 0.101 e. The maximum absolute atomic E-state index is 8.96. The summed E-state index contributed by atoms with van der Waals surface area (Å²) in [6, 6.07) is 17.2. The Hall–Kier alpha value is -2.30. The monoisotopic (exact) mass is 311 g/mol.